The topological polar surface area (TPSA) is 48.5 Å². The zero-order valence-corrected chi connectivity index (χ0v) is 19.5. The van der Waals surface area contributed by atoms with Crippen LogP contribution in [-0.2, 0) is 24.3 Å². The van der Waals surface area contributed by atoms with E-state index in [1.54, 1.807) is 0 Å². The number of hydrogen-bond acceptors (Lipinski definition) is 4. The average molecular weight is 443 g/mol. The third kappa shape index (κ3) is 6.65. The first-order chi connectivity index (χ1) is 16.2. The van der Waals surface area contributed by atoms with E-state index < -0.39 is 0 Å². The number of hydrogen-bond donors (Lipinski definition) is 1. The molecule has 0 saturated carbocycles. The summed E-state index contributed by atoms with van der Waals surface area (Å²) in [5.74, 6) is 0.0567. The quantitative estimate of drug-likeness (QED) is 0.533. The number of amides is 1. The fourth-order valence-corrected chi connectivity index (χ4v) is 4.58. The largest absolute Gasteiger partial charge is 0.371 e. The van der Waals surface area contributed by atoms with Crippen LogP contribution in [0.25, 0.3) is 0 Å². The van der Waals surface area contributed by atoms with Gasteiger partial charge in [0.05, 0.1) is 6.42 Å². The number of nitrogens with one attached hydrogen (secondary N) is 1. The predicted molar refractivity (Wildman–Crippen MR) is 134 cm³/mol. The molecule has 5 heteroatoms. The number of rotatable bonds is 9. The zero-order valence-electron chi connectivity index (χ0n) is 19.5. The Morgan fingerprint density at radius 1 is 0.939 bits per heavy atom. The van der Waals surface area contributed by atoms with E-state index in [0.29, 0.717) is 19.0 Å². The van der Waals surface area contributed by atoms with Crippen molar-refractivity contribution in [3.8, 4) is 0 Å². The maximum Gasteiger partial charge on any atom is 0.224 e. The van der Waals surface area contributed by atoms with Crippen molar-refractivity contribution in [3.63, 3.8) is 0 Å². The highest BCUT2D eigenvalue weighted by atomic mass is 16.1. The number of benzene rings is 2. The first-order valence-electron chi connectivity index (χ1n) is 12.0. The molecule has 0 radical (unpaired) electrons. The van der Waals surface area contributed by atoms with Gasteiger partial charge >= 0.3 is 0 Å². The zero-order chi connectivity index (χ0) is 22.9. The van der Waals surface area contributed by atoms with Gasteiger partial charge < -0.3 is 10.2 Å². The van der Waals surface area contributed by atoms with Crippen molar-refractivity contribution in [2.24, 2.45) is 0 Å². The Morgan fingerprint density at radius 3 is 2.30 bits per heavy atom. The van der Waals surface area contributed by atoms with Gasteiger partial charge in [0.15, 0.2) is 0 Å². The second-order valence-electron chi connectivity index (χ2n) is 8.74. The molecule has 1 amide bonds. The summed E-state index contributed by atoms with van der Waals surface area (Å²) in [6, 6.07) is 23.4. The van der Waals surface area contributed by atoms with E-state index in [4.69, 9.17) is 0 Å². The molecule has 1 fully saturated rings. The molecule has 2 heterocycles. The van der Waals surface area contributed by atoms with Crippen LogP contribution in [0, 0.1) is 0 Å². The van der Waals surface area contributed by atoms with Gasteiger partial charge in [0, 0.05) is 50.3 Å². The van der Waals surface area contributed by atoms with Gasteiger partial charge in [-0.3, -0.25) is 14.7 Å². The summed E-state index contributed by atoms with van der Waals surface area (Å²) < 4.78 is 0. The smallest absolute Gasteiger partial charge is 0.224 e. The molecule has 2 aromatic carbocycles. The highest BCUT2D eigenvalue weighted by molar-refractivity contribution is 5.78. The Labute approximate surface area is 197 Å². The van der Waals surface area contributed by atoms with Crippen molar-refractivity contribution in [2.75, 3.05) is 24.5 Å². The number of carbonyl (C=O) groups is 1. The molecule has 0 unspecified atom stereocenters. The van der Waals surface area contributed by atoms with Crippen LogP contribution < -0.4 is 10.2 Å². The Hall–Kier alpha value is -3.18. The normalized spacial score (nSPS) is 14.4. The maximum absolute atomic E-state index is 12.3. The van der Waals surface area contributed by atoms with Gasteiger partial charge in [0.25, 0.3) is 0 Å². The molecule has 3 aromatic rings. The molecule has 0 bridgehead atoms. The molecule has 1 aliphatic rings. The van der Waals surface area contributed by atoms with Crippen LogP contribution in [0.3, 0.4) is 0 Å². The monoisotopic (exact) mass is 442 g/mol. The SMILES string of the molecule is CCN(Cc1ccncc1)C1CCN(c2ccc(CC(=O)NCc3ccccc3)cc2)CC1. The fraction of sp³-hybridized carbons (Fsp3) is 0.357. The number of pyridine rings is 1. The number of nitrogens with zero attached hydrogens (tertiary/aromatic N) is 3. The molecule has 33 heavy (non-hydrogen) atoms. The molecule has 172 valence electrons. The second-order valence-corrected chi connectivity index (χ2v) is 8.74. The Bertz CT molecular complexity index is 983. The van der Waals surface area contributed by atoms with Crippen LogP contribution in [0.4, 0.5) is 5.69 Å². The van der Waals surface area contributed by atoms with Gasteiger partial charge in [-0.2, -0.15) is 0 Å². The number of piperidine rings is 1. The standard InChI is InChI=1S/C28H34N4O/c1-2-31(22-25-12-16-29-17-13-25)27-14-18-32(19-15-27)26-10-8-23(9-11-26)20-28(33)30-21-24-6-4-3-5-7-24/h3-13,16-17,27H,2,14-15,18-22H2,1H3,(H,30,33). The van der Waals surface area contributed by atoms with Crippen LogP contribution in [0.5, 0.6) is 0 Å². The van der Waals surface area contributed by atoms with E-state index in [9.17, 15) is 4.79 Å². The van der Waals surface area contributed by atoms with Crippen LogP contribution in [-0.4, -0.2) is 41.5 Å². The molecular formula is C28H34N4O. The summed E-state index contributed by atoms with van der Waals surface area (Å²) in [5, 5.41) is 3.01. The van der Waals surface area contributed by atoms with E-state index in [2.05, 4.69) is 63.4 Å². The van der Waals surface area contributed by atoms with Crippen molar-refractivity contribution in [1.29, 1.82) is 0 Å². The van der Waals surface area contributed by atoms with Crippen LogP contribution in [0.1, 0.15) is 36.5 Å². The highest BCUT2D eigenvalue weighted by Gasteiger charge is 2.24. The lowest BCUT2D eigenvalue weighted by Crippen LogP contribution is -2.44. The van der Waals surface area contributed by atoms with Gasteiger partial charge in [-0.05, 0) is 60.3 Å². The lowest BCUT2D eigenvalue weighted by atomic mass is 10.0. The van der Waals surface area contributed by atoms with Gasteiger partial charge in [0.1, 0.15) is 0 Å². The van der Waals surface area contributed by atoms with Crippen LogP contribution in [0.2, 0.25) is 0 Å². The molecular weight excluding hydrogens is 408 g/mol. The number of aromatic nitrogens is 1. The molecule has 0 aliphatic carbocycles. The summed E-state index contributed by atoms with van der Waals surface area (Å²) in [4.78, 5) is 21.5. The molecule has 0 atom stereocenters. The Morgan fingerprint density at radius 2 is 1.64 bits per heavy atom. The van der Waals surface area contributed by atoms with Crippen molar-refractivity contribution in [3.05, 3.63) is 95.8 Å². The third-order valence-electron chi connectivity index (χ3n) is 6.52. The molecule has 1 aromatic heterocycles. The minimum atomic E-state index is 0.0567. The predicted octanol–water partition coefficient (Wildman–Crippen LogP) is 4.43. The van der Waals surface area contributed by atoms with Crippen LogP contribution in [0.15, 0.2) is 79.1 Å². The Balaban J connectivity index is 1.24. The second kappa shape index (κ2) is 11.6. The molecule has 1 N–H and O–H groups in total. The van der Waals surface area contributed by atoms with Gasteiger partial charge in [-0.15, -0.1) is 0 Å². The molecule has 4 rings (SSSR count). The molecule has 1 saturated heterocycles. The Kier molecular flexibility index (Phi) is 8.09. The molecule has 5 nitrogen and oxygen atoms in total. The average Bonchev–Trinajstić information content (AvgIpc) is 2.88. The van der Waals surface area contributed by atoms with Crippen molar-refractivity contribution >= 4 is 11.6 Å². The number of anilines is 1. The minimum absolute atomic E-state index is 0.0567. The lowest BCUT2D eigenvalue weighted by Gasteiger charge is -2.39. The summed E-state index contributed by atoms with van der Waals surface area (Å²) in [6.07, 6.45) is 6.51. The summed E-state index contributed by atoms with van der Waals surface area (Å²) in [5.41, 5.74) is 4.75. The molecule has 0 spiro atoms. The van der Waals surface area contributed by atoms with Gasteiger partial charge in [-0.25, -0.2) is 0 Å². The van der Waals surface area contributed by atoms with Crippen molar-refractivity contribution in [1.82, 2.24) is 15.2 Å². The number of carbonyl (C=O) groups excluding carboxylic acids is 1. The lowest BCUT2D eigenvalue weighted by molar-refractivity contribution is -0.120. The van der Waals surface area contributed by atoms with Gasteiger partial charge in [-0.1, -0.05) is 49.4 Å². The summed E-state index contributed by atoms with van der Waals surface area (Å²) >= 11 is 0. The van der Waals surface area contributed by atoms with Crippen molar-refractivity contribution < 1.29 is 4.79 Å². The van der Waals surface area contributed by atoms with E-state index in [0.717, 1.165) is 37.3 Å². The summed E-state index contributed by atoms with van der Waals surface area (Å²) in [6.45, 7) is 7.01. The van der Waals surface area contributed by atoms with E-state index >= 15 is 0 Å². The van der Waals surface area contributed by atoms with Crippen LogP contribution >= 0.6 is 0 Å². The highest BCUT2D eigenvalue weighted by Crippen LogP contribution is 2.24. The van der Waals surface area contributed by atoms with E-state index in [1.807, 2.05) is 42.7 Å². The van der Waals surface area contributed by atoms with E-state index in [1.165, 1.54) is 24.1 Å². The van der Waals surface area contributed by atoms with Crippen molar-refractivity contribution in [2.45, 2.75) is 45.3 Å². The molecule has 1 aliphatic heterocycles. The van der Waals surface area contributed by atoms with Gasteiger partial charge in [0.2, 0.25) is 5.91 Å². The first-order valence-corrected chi connectivity index (χ1v) is 12.0. The fourth-order valence-electron chi connectivity index (χ4n) is 4.58. The maximum atomic E-state index is 12.3. The first kappa shape index (κ1) is 23.0. The third-order valence-corrected chi connectivity index (χ3v) is 6.52. The summed E-state index contributed by atoms with van der Waals surface area (Å²) in [7, 11) is 0. The van der Waals surface area contributed by atoms with E-state index in [-0.39, 0.29) is 5.91 Å². The minimum Gasteiger partial charge on any atom is -0.371 e.